The molecule has 2 aromatic heterocycles. The number of benzene rings is 2. The molecule has 1 unspecified atom stereocenters. The number of halogens is 4. The lowest BCUT2D eigenvalue weighted by atomic mass is 9.85. The van der Waals surface area contributed by atoms with Crippen molar-refractivity contribution in [3.8, 4) is 5.75 Å². The predicted molar refractivity (Wildman–Crippen MR) is 146 cm³/mol. The monoisotopic (exact) mass is 571 g/mol. The highest BCUT2D eigenvalue weighted by atomic mass is 19.2. The number of hydrogen-bond donors (Lipinski definition) is 1. The maximum Gasteiger partial charge on any atom is 0.203 e. The summed E-state index contributed by atoms with van der Waals surface area (Å²) in [6.45, 7) is 7.78. The molecule has 0 aliphatic carbocycles. The van der Waals surface area contributed by atoms with Gasteiger partial charge in [-0.1, -0.05) is 51.0 Å². The number of nitrogens with one attached hydrogen (secondary N) is 1. The Bertz CT molecular complexity index is 1500. The smallest absolute Gasteiger partial charge is 0.203 e. The van der Waals surface area contributed by atoms with Crippen molar-refractivity contribution in [2.24, 2.45) is 5.92 Å². The average Bonchev–Trinajstić information content (AvgIpc) is 3.45. The molecule has 0 radical (unpaired) electrons. The van der Waals surface area contributed by atoms with E-state index in [0.29, 0.717) is 25.1 Å². The lowest BCUT2D eigenvalue weighted by molar-refractivity contribution is -0.124. The van der Waals surface area contributed by atoms with Gasteiger partial charge >= 0.3 is 0 Å². The summed E-state index contributed by atoms with van der Waals surface area (Å²) in [6, 6.07) is 9.17. The number of unbranched alkanes of at least 4 members (excludes halogenated alkanes) is 1. The van der Waals surface area contributed by atoms with E-state index in [9.17, 15) is 22.4 Å². The number of carbonyl (C=O) groups is 1. The van der Waals surface area contributed by atoms with E-state index in [4.69, 9.17) is 4.74 Å². The quantitative estimate of drug-likeness (QED) is 0.147. The van der Waals surface area contributed by atoms with Crippen LogP contribution in [0.2, 0.25) is 0 Å². The molecule has 2 atom stereocenters. The number of carbonyl (C=O) groups excluding carboxylic acids is 1. The first kappa shape index (κ1) is 30.1. The van der Waals surface area contributed by atoms with Crippen LogP contribution in [0.15, 0.2) is 48.8 Å². The lowest BCUT2D eigenvalue weighted by Gasteiger charge is -2.33. The van der Waals surface area contributed by atoms with Crippen molar-refractivity contribution < 1.29 is 27.1 Å². The van der Waals surface area contributed by atoms with E-state index in [1.807, 2.05) is 52.0 Å². The highest BCUT2D eigenvalue weighted by molar-refractivity contribution is 5.84. The van der Waals surface area contributed by atoms with Crippen LogP contribution in [0, 0.1) is 29.2 Å². The minimum Gasteiger partial charge on any atom is -0.479 e. The third-order valence-electron chi connectivity index (χ3n) is 7.48. The van der Waals surface area contributed by atoms with Crippen LogP contribution in [0.5, 0.6) is 5.75 Å². The fraction of sp³-hybridized carbons (Fsp3) is 0.400. The molecule has 0 fully saturated rings. The second-order valence-electron chi connectivity index (χ2n) is 10.5. The minimum atomic E-state index is -1.70. The van der Waals surface area contributed by atoms with E-state index in [0.717, 1.165) is 22.9 Å². The molecule has 0 aliphatic heterocycles. The fourth-order valence-corrected chi connectivity index (χ4v) is 4.53. The van der Waals surface area contributed by atoms with Gasteiger partial charge in [0.05, 0.1) is 17.3 Å². The van der Waals surface area contributed by atoms with Crippen LogP contribution in [0.25, 0.3) is 10.9 Å². The average molecular weight is 572 g/mol. The Morgan fingerprint density at radius 2 is 1.83 bits per heavy atom. The van der Waals surface area contributed by atoms with Gasteiger partial charge < -0.3 is 10.1 Å². The topological polar surface area (TPSA) is 81.9 Å². The summed E-state index contributed by atoms with van der Waals surface area (Å²) < 4.78 is 61.6. The molecular formula is C30H33F4N5O2. The first-order valence-electron chi connectivity index (χ1n) is 13.5. The number of nitrogens with zero attached hydrogens (tertiary/aromatic N) is 4. The molecule has 0 amide bonds. The maximum atomic E-state index is 14.0. The zero-order valence-corrected chi connectivity index (χ0v) is 23.4. The summed E-state index contributed by atoms with van der Waals surface area (Å²) in [6.07, 6.45) is 5.22. The van der Waals surface area contributed by atoms with Crippen molar-refractivity contribution in [2.45, 2.75) is 65.1 Å². The molecule has 1 N–H and O–H groups in total. The second-order valence-corrected chi connectivity index (χ2v) is 10.5. The number of Topliss-reactive ketones (excluding diaryl/α,β-unsaturated/α-hetero) is 1. The fourth-order valence-electron chi connectivity index (χ4n) is 4.53. The number of ether oxygens (including phenoxy) is 1. The third kappa shape index (κ3) is 6.56. The number of aromatic nitrogens is 4. The van der Waals surface area contributed by atoms with Crippen molar-refractivity contribution in [2.75, 3.05) is 6.61 Å². The van der Waals surface area contributed by atoms with Crippen molar-refractivity contribution in [3.05, 3.63) is 83.3 Å². The zero-order chi connectivity index (χ0) is 29.7. The minimum absolute atomic E-state index is 0.0803. The number of ketones is 1. The lowest BCUT2D eigenvalue weighted by Crippen LogP contribution is -2.44. The summed E-state index contributed by atoms with van der Waals surface area (Å²) in [7, 11) is 0. The molecule has 4 aromatic rings. The van der Waals surface area contributed by atoms with Gasteiger partial charge in [-0.05, 0) is 43.0 Å². The molecule has 218 valence electrons. The summed E-state index contributed by atoms with van der Waals surface area (Å²) in [4.78, 5) is 17.5. The van der Waals surface area contributed by atoms with Crippen molar-refractivity contribution >= 4 is 16.7 Å². The second kappa shape index (κ2) is 12.8. The Balaban J connectivity index is 1.53. The maximum absolute atomic E-state index is 14.0. The SMILES string of the molecule is CCCCC(C(=O)COc1c(F)c(F)cc(F)c1F)n1cc([C@@](C)(NCc2ccc3ncccc3c2)C(C)C)nn1. The largest absolute Gasteiger partial charge is 0.479 e. The summed E-state index contributed by atoms with van der Waals surface area (Å²) in [5.41, 5.74) is 1.95. The molecule has 4 rings (SSSR count). The Hall–Kier alpha value is -3.86. The van der Waals surface area contributed by atoms with Crippen LogP contribution in [0.3, 0.4) is 0 Å². The van der Waals surface area contributed by atoms with Crippen LogP contribution in [-0.2, 0) is 16.9 Å². The Kier molecular flexibility index (Phi) is 9.37. The molecule has 41 heavy (non-hydrogen) atoms. The summed E-state index contributed by atoms with van der Waals surface area (Å²) in [5.74, 6) is -8.40. The van der Waals surface area contributed by atoms with Crippen LogP contribution < -0.4 is 10.1 Å². The number of pyridine rings is 1. The van der Waals surface area contributed by atoms with Crippen molar-refractivity contribution in [1.82, 2.24) is 25.3 Å². The van der Waals surface area contributed by atoms with E-state index in [-0.39, 0.29) is 12.0 Å². The van der Waals surface area contributed by atoms with Gasteiger partial charge in [0.15, 0.2) is 23.2 Å². The van der Waals surface area contributed by atoms with Crippen molar-refractivity contribution in [3.63, 3.8) is 0 Å². The summed E-state index contributed by atoms with van der Waals surface area (Å²) >= 11 is 0. The first-order valence-corrected chi connectivity index (χ1v) is 13.5. The highest BCUT2D eigenvalue weighted by Gasteiger charge is 2.34. The Morgan fingerprint density at radius 3 is 2.51 bits per heavy atom. The predicted octanol–water partition coefficient (Wildman–Crippen LogP) is 6.42. The highest BCUT2D eigenvalue weighted by Crippen LogP contribution is 2.30. The van der Waals surface area contributed by atoms with E-state index in [1.54, 1.807) is 12.4 Å². The number of hydrogen-bond acceptors (Lipinski definition) is 6. The van der Waals surface area contributed by atoms with Gasteiger partial charge in [-0.3, -0.25) is 9.78 Å². The number of fused-ring (bicyclic) bond motifs is 1. The van der Waals surface area contributed by atoms with E-state index in [2.05, 4.69) is 26.7 Å². The van der Waals surface area contributed by atoms with Crippen LogP contribution in [0.4, 0.5) is 17.6 Å². The van der Waals surface area contributed by atoms with Gasteiger partial charge in [0.25, 0.3) is 0 Å². The number of rotatable bonds is 13. The molecule has 0 spiro atoms. The third-order valence-corrected chi connectivity index (χ3v) is 7.48. The molecule has 7 nitrogen and oxygen atoms in total. The molecule has 11 heteroatoms. The Labute approximate surface area is 235 Å². The van der Waals surface area contributed by atoms with Gasteiger partial charge in [-0.15, -0.1) is 5.10 Å². The molecule has 0 aliphatic rings. The normalized spacial score (nSPS) is 13.9. The molecule has 0 bridgehead atoms. The molecule has 0 saturated carbocycles. The van der Waals surface area contributed by atoms with Gasteiger partial charge in [0.2, 0.25) is 11.6 Å². The molecular weight excluding hydrogens is 538 g/mol. The summed E-state index contributed by atoms with van der Waals surface area (Å²) in [5, 5.41) is 13.2. The van der Waals surface area contributed by atoms with Gasteiger partial charge in [0, 0.05) is 24.2 Å². The van der Waals surface area contributed by atoms with Crippen LogP contribution in [0.1, 0.15) is 64.3 Å². The van der Waals surface area contributed by atoms with Crippen LogP contribution >= 0.6 is 0 Å². The van der Waals surface area contributed by atoms with E-state index < -0.39 is 53.0 Å². The van der Waals surface area contributed by atoms with Crippen molar-refractivity contribution in [1.29, 1.82) is 0 Å². The Morgan fingerprint density at radius 1 is 1.10 bits per heavy atom. The molecule has 2 aromatic carbocycles. The standard InChI is InChI=1S/C30H33F4N5O2/c1-5-6-9-24(25(40)17-41-29-27(33)21(31)14-22(32)28(29)34)39-16-26(37-38-39)30(4,18(2)3)36-15-19-10-11-23-20(13-19)8-7-12-35-23/h7-8,10-14,16,18,24,36H,5-6,9,15,17H2,1-4H3/t24?,30-/m0/s1. The zero-order valence-electron chi connectivity index (χ0n) is 23.4. The van der Waals surface area contributed by atoms with Gasteiger partial charge in [-0.25, -0.2) is 13.5 Å². The van der Waals surface area contributed by atoms with Crippen LogP contribution in [-0.4, -0.2) is 32.4 Å². The van der Waals surface area contributed by atoms with Gasteiger partial charge in [-0.2, -0.15) is 8.78 Å². The van der Waals surface area contributed by atoms with E-state index >= 15 is 0 Å². The molecule has 2 heterocycles. The first-order chi connectivity index (χ1) is 19.5. The van der Waals surface area contributed by atoms with E-state index in [1.165, 1.54) is 4.68 Å². The van der Waals surface area contributed by atoms with Gasteiger partial charge in [0.1, 0.15) is 18.3 Å². The molecule has 0 saturated heterocycles.